The van der Waals surface area contributed by atoms with Crippen LogP contribution in [0.5, 0.6) is 0 Å². The molecule has 1 atom stereocenters. The molecule has 0 saturated carbocycles. The van der Waals surface area contributed by atoms with E-state index in [2.05, 4.69) is 28.2 Å². The van der Waals surface area contributed by atoms with Gasteiger partial charge in [0.25, 0.3) is 0 Å². The zero-order valence-corrected chi connectivity index (χ0v) is 10.9. The predicted octanol–water partition coefficient (Wildman–Crippen LogP) is 1.92. The first-order chi connectivity index (χ1) is 8.85. The summed E-state index contributed by atoms with van der Waals surface area (Å²) in [5.74, 6) is 0.829. The van der Waals surface area contributed by atoms with Crippen LogP contribution in [0.4, 0.5) is 5.82 Å². The van der Waals surface area contributed by atoms with Crippen LogP contribution in [-0.4, -0.2) is 30.7 Å². The second-order valence-corrected chi connectivity index (χ2v) is 4.73. The number of nitrogens with one attached hydrogen (secondary N) is 1. The molecule has 4 nitrogen and oxygen atoms in total. The molecule has 1 aromatic rings. The molecule has 0 amide bonds. The fourth-order valence-corrected chi connectivity index (χ4v) is 2.47. The first-order valence-electron chi connectivity index (χ1n) is 6.68. The molecule has 1 aromatic heterocycles. The van der Waals surface area contributed by atoms with E-state index in [9.17, 15) is 0 Å². The van der Waals surface area contributed by atoms with Gasteiger partial charge in [-0.15, -0.1) is 0 Å². The number of aromatic nitrogens is 1. The van der Waals surface area contributed by atoms with Gasteiger partial charge in [-0.25, -0.2) is 4.98 Å². The molecule has 1 aliphatic rings. The summed E-state index contributed by atoms with van der Waals surface area (Å²) in [6, 6.07) is 6.43. The van der Waals surface area contributed by atoms with Gasteiger partial charge in [0.15, 0.2) is 0 Å². The normalized spacial score (nSPS) is 18.6. The fraction of sp³-hybridized carbons (Fsp3) is 0.571. The van der Waals surface area contributed by atoms with E-state index in [0.29, 0.717) is 11.6 Å². The Balaban J connectivity index is 2.15. The maximum atomic E-state index is 9.16. The van der Waals surface area contributed by atoms with Crippen molar-refractivity contribution >= 4 is 5.82 Å². The number of hydrogen-bond donors (Lipinski definition) is 1. The Morgan fingerprint density at radius 3 is 3.17 bits per heavy atom. The van der Waals surface area contributed by atoms with Gasteiger partial charge in [0, 0.05) is 25.3 Å². The van der Waals surface area contributed by atoms with Crippen molar-refractivity contribution in [1.82, 2.24) is 10.3 Å². The van der Waals surface area contributed by atoms with Crippen molar-refractivity contribution in [2.75, 3.05) is 24.5 Å². The Bertz CT molecular complexity index is 418. The lowest BCUT2D eigenvalue weighted by Gasteiger charge is -2.27. The molecule has 1 fully saturated rings. The molecular formula is C14H20N4. The third-order valence-electron chi connectivity index (χ3n) is 3.30. The highest BCUT2D eigenvalue weighted by molar-refractivity contribution is 5.53. The van der Waals surface area contributed by atoms with E-state index in [1.165, 1.54) is 12.8 Å². The molecule has 0 bridgehead atoms. The lowest BCUT2D eigenvalue weighted by Crippen LogP contribution is -2.38. The van der Waals surface area contributed by atoms with Gasteiger partial charge in [0.1, 0.15) is 11.9 Å². The average molecular weight is 244 g/mol. The maximum absolute atomic E-state index is 9.16. The molecule has 0 spiro atoms. The molecule has 96 valence electrons. The molecule has 2 heterocycles. The zero-order valence-electron chi connectivity index (χ0n) is 10.9. The predicted molar refractivity (Wildman–Crippen MR) is 72.5 cm³/mol. The van der Waals surface area contributed by atoms with E-state index < -0.39 is 0 Å². The van der Waals surface area contributed by atoms with Crippen LogP contribution >= 0.6 is 0 Å². The number of nitrogens with zero attached hydrogens (tertiary/aromatic N) is 3. The zero-order chi connectivity index (χ0) is 12.8. The van der Waals surface area contributed by atoms with Crippen molar-refractivity contribution < 1.29 is 0 Å². The van der Waals surface area contributed by atoms with Gasteiger partial charge < -0.3 is 10.2 Å². The number of rotatable bonds is 5. The number of anilines is 1. The van der Waals surface area contributed by atoms with Crippen LogP contribution < -0.4 is 10.2 Å². The van der Waals surface area contributed by atoms with Gasteiger partial charge in [0.2, 0.25) is 0 Å². The summed E-state index contributed by atoms with van der Waals surface area (Å²) in [5, 5.41) is 12.7. The first-order valence-corrected chi connectivity index (χ1v) is 6.68. The monoisotopic (exact) mass is 244 g/mol. The van der Waals surface area contributed by atoms with E-state index in [4.69, 9.17) is 5.26 Å². The SMILES string of the molecule is CCCN(CC1CCCN1)c1ncccc1C#N. The van der Waals surface area contributed by atoms with Crippen LogP contribution in [0.25, 0.3) is 0 Å². The lowest BCUT2D eigenvalue weighted by molar-refractivity contribution is 0.575. The lowest BCUT2D eigenvalue weighted by atomic mass is 10.2. The van der Waals surface area contributed by atoms with Gasteiger partial charge in [-0.05, 0) is 37.9 Å². The smallest absolute Gasteiger partial charge is 0.146 e. The highest BCUT2D eigenvalue weighted by Gasteiger charge is 2.19. The summed E-state index contributed by atoms with van der Waals surface area (Å²) in [5.41, 5.74) is 0.670. The molecule has 0 aromatic carbocycles. The molecule has 0 radical (unpaired) electrons. The second kappa shape index (κ2) is 6.36. The van der Waals surface area contributed by atoms with E-state index >= 15 is 0 Å². The van der Waals surface area contributed by atoms with Crippen LogP contribution in [-0.2, 0) is 0 Å². The molecule has 1 aliphatic heterocycles. The maximum Gasteiger partial charge on any atom is 0.146 e. The Hall–Kier alpha value is -1.60. The van der Waals surface area contributed by atoms with Crippen molar-refractivity contribution in [2.45, 2.75) is 32.2 Å². The fourth-order valence-electron chi connectivity index (χ4n) is 2.47. The van der Waals surface area contributed by atoms with Crippen LogP contribution in [0.1, 0.15) is 31.7 Å². The molecule has 1 unspecified atom stereocenters. The number of pyridine rings is 1. The van der Waals surface area contributed by atoms with Crippen molar-refractivity contribution in [3.8, 4) is 6.07 Å². The van der Waals surface area contributed by atoms with Crippen molar-refractivity contribution in [3.05, 3.63) is 23.9 Å². The summed E-state index contributed by atoms with van der Waals surface area (Å²) in [4.78, 5) is 6.62. The third kappa shape index (κ3) is 2.99. The largest absolute Gasteiger partial charge is 0.354 e. The van der Waals surface area contributed by atoms with E-state index in [1.807, 2.05) is 12.1 Å². The minimum atomic E-state index is 0.532. The standard InChI is InChI=1S/C14H20N4/c1-2-9-18(11-13-6-4-7-16-13)14-12(10-15)5-3-8-17-14/h3,5,8,13,16H,2,4,6-7,9,11H2,1H3. The second-order valence-electron chi connectivity index (χ2n) is 4.73. The minimum Gasteiger partial charge on any atom is -0.354 e. The number of nitriles is 1. The van der Waals surface area contributed by atoms with Crippen LogP contribution in [0.3, 0.4) is 0 Å². The van der Waals surface area contributed by atoms with Gasteiger partial charge in [-0.3, -0.25) is 0 Å². The van der Waals surface area contributed by atoms with Gasteiger partial charge in [-0.2, -0.15) is 5.26 Å². The highest BCUT2D eigenvalue weighted by Crippen LogP contribution is 2.18. The molecule has 2 rings (SSSR count). The molecule has 0 aliphatic carbocycles. The first kappa shape index (κ1) is 12.8. The Kier molecular flexibility index (Phi) is 4.54. The topological polar surface area (TPSA) is 52.0 Å². The van der Waals surface area contributed by atoms with Gasteiger partial charge in [-0.1, -0.05) is 6.92 Å². The number of hydrogen-bond acceptors (Lipinski definition) is 4. The average Bonchev–Trinajstić information content (AvgIpc) is 2.91. The Morgan fingerprint density at radius 1 is 1.61 bits per heavy atom. The Labute approximate surface area is 109 Å². The van der Waals surface area contributed by atoms with E-state index in [0.717, 1.165) is 31.9 Å². The van der Waals surface area contributed by atoms with Crippen LogP contribution in [0.2, 0.25) is 0 Å². The summed E-state index contributed by atoms with van der Waals surface area (Å²) >= 11 is 0. The van der Waals surface area contributed by atoms with Gasteiger partial charge in [0.05, 0.1) is 5.56 Å². The van der Waals surface area contributed by atoms with E-state index in [-0.39, 0.29) is 0 Å². The summed E-state index contributed by atoms with van der Waals surface area (Å²) < 4.78 is 0. The highest BCUT2D eigenvalue weighted by atomic mass is 15.2. The van der Waals surface area contributed by atoms with Crippen molar-refractivity contribution in [1.29, 1.82) is 5.26 Å². The molecule has 18 heavy (non-hydrogen) atoms. The third-order valence-corrected chi connectivity index (χ3v) is 3.30. The minimum absolute atomic E-state index is 0.532. The van der Waals surface area contributed by atoms with E-state index in [1.54, 1.807) is 6.20 Å². The van der Waals surface area contributed by atoms with Crippen molar-refractivity contribution in [2.24, 2.45) is 0 Å². The molecule has 1 saturated heterocycles. The Morgan fingerprint density at radius 2 is 2.50 bits per heavy atom. The summed E-state index contributed by atoms with van der Waals surface area (Å²) in [6.45, 7) is 5.16. The van der Waals surface area contributed by atoms with Gasteiger partial charge >= 0.3 is 0 Å². The van der Waals surface area contributed by atoms with Crippen LogP contribution in [0.15, 0.2) is 18.3 Å². The summed E-state index contributed by atoms with van der Waals surface area (Å²) in [6.07, 6.45) is 5.29. The molecule has 1 N–H and O–H groups in total. The molecule has 4 heteroatoms. The van der Waals surface area contributed by atoms with Crippen LogP contribution in [0, 0.1) is 11.3 Å². The quantitative estimate of drug-likeness (QED) is 0.859. The summed E-state index contributed by atoms with van der Waals surface area (Å²) in [7, 11) is 0. The molecular weight excluding hydrogens is 224 g/mol. The van der Waals surface area contributed by atoms with Crippen molar-refractivity contribution in [3.63, 3.8) is 0 Å².